The van der Waals surface area contributed by atoms with Gasteiger partial charge in [-0.15, -0.1) is 10.2 Å². The van der Waals surface area contributed by atoms with Crippen molar-refractivity contribution in [2.24, 2.45) is 0 Å². The van der Waals surface area contributed by atoms with E-state index < -0.39 is 0 Å². The lowest BCUT2D eigenvalue weighted by molar-refractivity contribution is -0.121. The van der Waals surface area contributed by atoms with E-state index in [-0.39, 0.29) is 18.4 Å². The minimum absolute atomic E-state index is 0.0266. The fourth-order valence-corrected chi connectivity index (χ4v) is 3.37. The number of nitrogens with zero attached hydrogens (tertiary/aromatic N) is 3. The number of benzene rings is 2. The van der Waals surface area contributed by atoms with Gasteiger partial charge in [0, 0.05) is 5.56 Å². The summed E-state index contributed by atoms with van der Waals surface area (Å²) in [7, 11) is 0. The minimum atomic E-state index is -0.245. The Morgan fingerprint density at radius 3 is 2.70 bits per heavy atom. The summed E-state index contributed by atoms with van der Waals surface area (Å²) in [6.45, 7) is 2.27. The first kappa shape index (κ1) is 17.2. The highest BCUT2D eigenvalue weighted by molar-refractivity contribution is 7.15. The lowest BCUT2D eigenvalue weighted by Gasteiger charge is -2.29. The van der Waals surface area contributed by atoms with Crippen molar-refractivity contribution in [2.75, 3.05) is 16.8 Å². The van der Waals surface area contributed by atoms with Crippen LogP contribution >= 0.6 is 11.3 Å². The molecule has 7 nitrogen and oxygen atoms in total. The van der Waals surface area contributed by atoms with Crippen molar-refractivity contribution < 1.29 is 14.3 Å². The van der Waals surface area contributed by atoms with Crippen LogP contribution < -0.4 is 15.0 Å². The summed E-state index contributed by atoms with van der Waals surface area (Å²) in [6, 6.07) is 14.6. The average molecular weight is 380 g/mol. The first-order valence-electron chi connectivity index (χ1n) is 8.33. The topological polar surface area (TPSA) is 84.4 Å². The number of ether oxygens (including phenoxy) is 1. The predicted molar refractivity (Wildman–Crippen MR) is 102 cm³/mol. The molecule has 0 bridgehead atoms. The Morgan fingerprint density at radius 1 is 1.19 bits per heavy atom. The molecule has 3 aromatic rings. The van der Waals surface area contributed by atoms with Gasteiger partial charge in [0.2, 0.25) is 5.13 Å². The molecule has 27 heavy (non-hydrogen) atoms. The van der Waals surface area contributed by atoms with Crippen molar-refractivity contribution in [1.29, 1.82) is 0 Å². The van der Waals surface area contributed by atoms with Crippen LogP contribution in [0, 0.1) is 6.92 Å². The van der Waals surface area contributed by atoms with E-state index in [0.29, 0.717) is 23.0 Å². The van der Waals surface area contributed by atoms with Crippen LogP contribution in [0.2, 0.25) is 0 Å². The van der Waals surface area contributed by atoms with Crippen LogP contribution in [0.4, 0.5) is 10.8 Å². The van der Waals surface area contributed by atoms with Gasteiger partial charge in [0.05, 0.1) is 12.2 Å². The highest BCUT2D eigenvalue weighted by atomic mass is 32.1. The molecule has 1 N–H and O–H groups in total. The Labute approximate surface area is 159 Å². The highest BCUT2D eigenvalue weighted by Crippen LogP contribution is 2.32. The van der Waals surface area contributed by atoms with E-state index in [1.807, 2.05) is 43.3 Å². The Morgan fingerprint density at radius 2 is 1.96 bits per heavy atom. The van der Waals surface area contributed by atoms with Gasteiger partial charge in [0.25, 0.3) is 11.8 Å². The summed E-state index contributed by atoms with van der Waals surface area (Å²) >= 11 is 1.32. The molecule has 8 heteroatoms. The summed E-state index contributed by atoms with van der Waals surface area (Å²) < 4.78 is 5.46. The number of aromatic nitrogens is 2. The third-order valence-corrected chi connectivity index (χ3v) is 4.87. The van der Waals surface area contributed by atoms with Gasteiger partial charge >= 0.3 is 0 Å². The number of aryl methyl sites for hydroxylation is 1. The van der Waals surface area contributed by atoms with E-state index in [4.69, 9.17) is 4.74 Å². The van der Waals surface area contributed by atoms with Gasteiger partial charge < -0.3 is 9.64 Å². The molecule has 1 aliphatic rings. The molecule has 0 saturated carbocycles. The van der Waals surface area contributed by atoms with Crippen LogP contribution in [0.25, 0.3) is 0 Å². The number of rotatable bonds is 4. The molecule has 0 aliphatic carbocycles. The number of carbonyl (C=O) groups is 2. The Kier molecular flexibility index (Phi) is 4.55. The van der Waals surface area contributed by atoms with E-state index in [9.17, 15) is 9.59 Å². The van der Waals surface area contributed by atoms with Gasteiger partial charge in [-0.25, -0.2) is 0 Å². The van der Waals surface area contributed by atoms with E-state index in [1.165, 1.54) is 11.3 Å². The number of nitrogens with one attached hydrogen (secondary N) is 1. The van der Waals surface area contributed by atoms with E-state index in [0.717, 1.165) is 16.3 Å². The molecule has 0 fully saturated rings. The molecule has 0 saturated heterocycles. The molecule has 1 aliphatic heterocycles. The van der Waals surface area contributed by atoms with Crippen LogP contribution in [0.3, 0.4) is 0 Å². The second-order valence-corrected chi connectivity index (χ2v) is 7.20. The van der Waals surface area contributed by atoms with Crippen LogP contribution in [0.15, 0.2) is 48.5 Å². The largest absolute Gasteiger partial charge is 0.482 e. The SMILES string of the molecule is Cc1nnc(NC(=O)c2ccc(CN3C(=O)COc4ccccc43)cc2)s1. The molecule has 0 spiro atoms. The number of para-hydroxylation sites is 2. The van der Waals surface area contributed by atoms with Gasteiger partial charge in [-0.1, -0.05) is 35.6 Å². The molecule has 2 amide bonds. The van der Waals surface area contributed by atoms with E-state index in [2.05, 4.69) is 15.5 Å². The molecule has 4 rings (SSSR count). The molecule has 0 unspecified atom stereocenters. The van der Waals surface area contributed by atoms with Crippen molar-refractivity contribution in [3.63, 3.8) is 0 Å². The summed E-state index contributed by atoms with van der Waals surface area (Å²) in [5.74, 6) is 0.355. The Hall–Kier alpha value is -3.26. The Balaban J connectivity index is 1.48. The van der Waals surface area contributed by atoms with Crippen LogP contribution in [0.1, 0.15) is 20.9 Å². The third-order valence-electron chi connectivity index (χ3n) is 4.11. The van der Waals surface area contributed by atoms with Gasteiger partial charge in [-0.05, 0) is 36.8 Å². The minimum Gasteiger partial charge on any atom is -0.482 e. The zero-order valence-corrected chi connectivity index (χ0v) is 15.3. The zero-order valence-electron chi connectivity index (χ0n) is 14.5. The van der Waals surface area contributed by atoms with Crippen molar-refractivity contribution in [3.05, 3.63) is 64.7 Å². The molecule has 1 aromatic heterocycles. The highest BCUT2D eigenvalue weighted by Gasteiger charge is 2.25. The van der Waals surface area contributed by atoms with Gasteiger partial charge in [-0.2, -0.15) is 0 Å². The van der Waals surface area contributed by atoms with Crippen LogP contribution in [0.5, 0.6) is 5.75 Å². The fraction of sp³-hybridized carbons (Fsp3) is 0.158. The van der Waals surface area contributed by atoms with Crippen molar-refractivity contribution >= 4 is 34.0 Å². The smallest absolute Gasteiger partial charge is 0.265 e. The van der Waals surface area contributed by atoms with Crippen molar-refractivity contribution in [2.45, 2.75) is 13.5 Å². The molecule has 136 valence electrons. The molecule has 2 heterocycles. The number of hydrogen-bond acceptors (Lipinski definition) is 6. The second kappa shape index (κ2) is 7.16. The Bertz CT molecular complexity index is 1000. The number of anilines is 2. The molecule has 0 atom stereocenters. The van der Waals surface area contributed by atoms with E-state index >= 15 is 0 Å². The monoisotopic (exact) mass is 380 g/mol. The summed E-state index contributed by atoms with van der Waals surface area (Å²) in [5, 5.41) is 11.7. The molecular weight excluding hydrogens is 364 g/mol. The number of amides is 2. The predicted octanol–water partition coefficient (Wildman–Crippen LogP) is 3.02. The fourth-order valence-electron chi connectivity index (χ4n) is 2.79. The first-order valence-corrected chi connectivity index (χ1v) is 9.14. The maximum Gasteiger partial charge on any atom is 0.265 e. The summed E-state index contributed by atoms with van der Waals surface area (Å²) in [4.78, 5) is 26.2. The standard InChI is InChI=1S/C19H16N4O3S/c1-12-21-22-19(27-12)20-18(25)14-8-6-13(7-9-14)10-23-15-4-2-3-5-16(15)26-11-17(23)24/h2-9H,10-11H2,1H3,(H,20,22,25). The van der Waals surface area contributed by atoms with Crippen molar-refractivity contribution in [3.8, 4) is 5.75 Å². The van der Waals surface area contributed by atoms with E-state index in [1.54, 1.807) is 17.0 Å². The number of hydrogen-bond donors (Lipinski definition) is 1. The van der Waals surface area contributed by atoms with Crippen molar-refractivity contribution in [1.82, 2.24) is 10.2 Å². The van der Waals surface area contributed by atoms with Crippen LogP contribution in [-0.2, 0) is 11.3 Å². The first-order chi connectivity index (χ1) is 13.1. The number of carbonyl (C=O) groups excluding carboxylic acids is 2. The third kappa shape index (κ3) is 3.65. The second-order valence-electron chi connectivity index (χ2n) is 6.01. The summed E-state index contributed by atoms with van der Waals surface area (Å²) in [6.07, 6.45) is 0. The lowest BCUT2D eigenvalue weighted by atomic mass is 10.1. The van der Waals surface area contributed by atoms with Crippen LogP contribution in [-0.4, -0.2) is 28.6 Å². The molecule has 0 radical (unpaired) electrons. The summed E-state index contributed by atoms with van der Waals surface area (Å²) in [5.41, 5.74) is 2.19. The maximum absolute atomic E-state index is 12.3. The normalized spacial score (nSPS) is 13.1. The number of fused-ring (bicyclic) bond motifs is 1. The lowest BCUT2D eigenvalue weighted by Crippen LogP contribution is -2.38. The van der Waals surface area contributed by atoms with Gasteiger partial charge in [0.1, 0.15) is 10.8 Å². The maximum atomic E-state index is 12.3. The van der Waals surface area contributed by atoms with Gasteiger partial charge in [0.15, 0.2) is 6.61 Å². The van der Waals surface area contributed by atoms with Gasteiger partial charge in [-0.3, -0.25) is 14.9 Å². The quantitative estimate of drug-likeness (QED) is 0.752. The molecule has 2 aromatic carbocycles. The average Bonchev–Trinajstić information content (AvgIpc) is 3.09. The molecular formula is C19H16N4O3S. The zero-order chi connectivity index (χ0) is 18.8.